The summed E-state index contributed by atoms with van der Waals surface area (Å²) in [5, 5.41) is 3.68. The van der Waals surface area contributed by atoms with E-state index in [0.29, 0.717) is 11.5 Å². The molecule has 0 heterocycles. The van der Waals surface area contributed by atoms with Gasteiger partial charge in [-0.15, -0.1) is 0 Å². The van der Waals surface area contributed by atoms with Gasteiger partial charge in [0.05, 0.1) is 0 Å². The zero-order valence-electron chi connectivity index (χ0n) is 11.8. The Morgan fingerprint density at radius 2 is 1.76 bits per heavy atom. The van der Waals surface area contributed by atoms with Crippen molar-refractivity contribution < 1.29 is 0 Å². The summed E-state index contributed by atoms with van der Waals surface area (Å²) < 4.78 is 0. The molecule has 1 heteroatoms. The number of nitrogens with one attached hydrogen (secondary N) is 1. The molecule has 0 saturated heterocycles. The highest BCUT2D eigenvalue weighted by Gasteiger charge is 2.23. The minimum absolute atomic E-state index is 0.337. The van der Waals surface area contributed by atoms with E-state index in [1.54, 1.807) is 0 Å². The molecule has 0 saturated carbocycles. The predicted octanol–water partition coefficient (Wildman–Crippen LogP) is 4.03. The summed E-state index contributed by atoms with van der Waals surface area (Å²) >= 11 is 0. The second-order valence-corrected chi connectivity index (χ2v) is 5.90. The Kier molecular flexibility index (Phi) is 5.70. The lowest BCUT2D eigenvalue weighted by Crippen LogP contribution is -2.41. The monoisotopic (exact) mass is 233 g/mol. The fourth-order valence-electron chi connectivity index (χ4n) is 2.12. The van der Waals surface area contributed by atoms with E-state index in [9.17, 15) is 0 Å². The van der Waals surface area contributed by atoms with Crippen LogP contribution in [0.4, 0.5) is 0 Å². The third-order valence-electron chi connectivity index (χ3n) is 3.25. The molecule has 1 atom stereocenters. The number of benzene rings is 1. The maximum atomic E-state index is 3.68. The predicted molar refractivity (Wildman–Crippen MR) is 76.3 cm³/mol. The van der Waals surface area contributed by atoms with Gasteiger partial charge >= 0.3 is 0 Å². The first kappa shape index (κ1) is 14.2. The van der Waals surface area contributed by atoms with Crippen LogP contribution in [0.15, 0.2) is 30.3 Å². The summed E-state index contributed by atoms with van der Waals surface area (Å²) in [6.07, 6.45) is 3.59. The maximum Gasteiger partial charge on any atom is 0.0119 e. The van der Waals surface area contributed by atoms with Crippen LogP contribution in [0.25, 0.3) is 0 Å². The lowest BCUT2D eigenvalue weighted by Gasteiger charge is -2.32. The Morgan fingerprint density at radius 3 is 2.29 bits per heavy atom. The Labute approximate surface area is 107 Å². The van der Waals surface area contributed by atoms with E-state index in [0.717, 1.165) is 6.54 Å². The van der Waals surface area contributed by atoms with Gasteiger partial charge in [0.1, 0.15) is 0 Å². The third-order valence-corrected chi connectivity index (χ3v) is 3.25. The van der Waals surface area contributed by atoms with E-state index in [4.69, 9.17) is 0 Å². The second-order valence-electron chi connectivity index (χ2n) is 5.90. The average Bonchev–Trinajstić information content (AvgIpc) is 2.29. The molecule has 0 aliphatic heterocycles. The molecule has 0 bridgehead atoms. The lowest BCUT2D eigenvalue weighted by atomic mass is 9.83. The van der Waals surface area contributed by atoms with Crippen molar-refractivity contribution in [1.82, 2.24) is 5.32 Å². The van der Waals surface area contributed by atoms with E-state index in [1.807, 2.05) is 0 Å². The van der Waals surface area contributed by atoms with Crippen LogP contribution in [-0.2, 0) is 6.42 Å². The summed E-state index contributed by atoms with van der Waals surface area (Å²) in [6, 6.07) is 11.4. The van der Waals surface area contributed by atoms with Crippen molar-refractivity contribution in [2.75, 3.05) is 6.54 Å². The largest absolute Gasteiger partial charge is 0.313 e. The van der Waals surface area contributed by atoms with Crippen molar-refractivity contribution in [3.8, 4) is 0 Å². The first-order chi connectivity index (χ1) is 8.04. The minimum Gasteiger partial charge on any atom is -0.313 e. The van der Waals surface area contributed by atoms with Gasteiger partial charge in [-0.1, -0.05) is 58.0 Å². The van der Waals surface area contributed by atoms with Gasteiger partial charge in [-0.25, -0.2) is 0 Å². The smallest absolute Gasteiger partial charge is 0.0119 e. The molecular weight excluding hydrogens is 206 g/mol. The van der Waals surface area contributed by atoms with Crippen molar-refractivity contribution in [3.63, 3.8) is 0 Å². The Bertz CT molecular complexity index is 297. The van der Waals surface area contributed by atoms with Crippen LogP contribution in [0.3, 0.4) is 0 Å². The average molecular weight is 233 g/mol. The summed E-state index contributed by atoms with van der Waals surface area (Å²) in [7, 11) is 0. The molecule has 0 aliphatic rings. The van der Waals surface area contributed by atoms with E-state index in [1.165, 1.54) is 24.8 Å². The molecule has 1 aromatic rings. The van der Waals surface area contributed by atoms with Crippen LogP contribution in [0, 0.1) is 5.41 Å². The molecule has 1 aromatic carbocycles. The highest BCUT2D eigenvalue weighted by atomic mass is 14.9. The van der Waals surface area contributed by atoms with E-state index >= 15 is 0 Å². The minimum atomic E-state index is 0.337. The van der Waals surface area contributed by atoms with Gasteiger partial charge in [-0.2, -0.15) is 0 Å². The van der Waals surface area contributed by atoms with E-state index in [2.05, 4.69) is 63.3 Å². The Hall–Kier alpha value is -0.820. The van der Waals surface area contributed by atoms with Crippen molar-refractivity contribution in [2.45, 2.75) is 53.0 Å². The molecule has 1 nitrogen and oxygen atoms in total. The molecule has 0 spiro atoms. The summed E-state index contributed by atoms with van der Waals surface area (Å²) in [5.41, 5.74) is 1.78. The zero-order chi connectivity index (χ0) is 12.7. The van der Waals surface area contributed by atoms with Gasteiger partial charge in [-0.05, 0) is 36.8 Å². The summed E-state index contributed by atoms with van der Waals surface area (Å²) in [4.78, 5) is 0. The van der Waals surface area contributed by atoms with Crippen LogP contribution in [0.5, 0.6) is 0 Å². The second kappa shape index (κ2) is 6.80. The highest BCUT2D eigenvalue weighted by Crippen LogP contribution is 2.23. The van der Waals surface area contributed by atoms with E-state index in [-0.39, 0.29) is 0 Å². The molecule has 0 fully saturated rings. The molecule has 0 aromatic heterocycles. The number of hydrogen-bond donors (Lipinski definition) is 1. The van der Waals surface area contributed by atoms with Crippen molar-refractivity contribution >= 4 is 0 Å². The SMILES string of the molecule is CCCNC(CCc1ccccc1)C(C)(C)C. The Morgan fingerprint density at radius 1 is 1.12 bits per heavy atom. The normalized spacial score (nSPS) is 13.6. The fraction of sp³-hybridized carbons (Fsp3) is 0.625. The van der Waals surface area contributed by atoms with E-state index < -0.39 is 0 Å². The van der Waals surface area contributed by atoms with Crippen LogP contribution < -0.4 is 5.32 Å². The Balaban J connectivity index is 2.49. The van der Waals surface area contributed by atoms with Crippen LogP contribution in [0.2, 0.25) is 0 Å². The highest BCUT2D eigenvalue weighted by molar-refractivity contribution is 5.14. The molecule has 96 valence electrons. The van der Waals surface area contributed by atoms with Gasteiger partial charge in [-0.3, -0.25) is 0 Å². The zero-order valence-corrected chi connectivity index (χ0v) is 11.8. The molecule has 0 radical (unpaired) electrons. The topological polar surface area (TPSA) is 12.0 Å². The van der Waals surface area contributed by atoms with Crippen molar-refractivity contribution in [2.24, 2.45) is 5.41 Å². The van der Waals surface area contributed by atoms with Gasteiger partial charge in [0.15, 0.2) is 0 Å². The number of rotatable bonds is 6. The standard InChI is InChI=1S/C16H27N/c1-5-13-17-15(16(2,3)4)12-11-14-9-7-6-8-10-14/h6-10,15,17H,5,11-13H2,1-4H3. The van der Waals surface area contributed by atoms with Gasteiger partial charge in [0, 0.05) is 6.04 Å². The van der Waals surface area contributed by atoms with Gasteiger partial charge in [0.25, 0.3) is 0 Å². The van der Waals surface area contributed by atoms with Crippen molar-refractivity contribution in [3.05, 3.63) is 35.9 Å². The van der Waals surface area contributed by atoms with Crippen LogP contribution in [-0.4, -0.2) is 12.6 Å². The number of aryl methyl sites for hydroxylation is 1. The molecule has 1 N–H and O–H groups in total. The summed E-state index contributed by atoms with van der Waals surface area (Å²) in [6.45, 7) is 10.3. The molecule has 1 unspecified atom stereocenters. The molecule has 0 aliphatic carbocycles. The fourth-order valence-corrected chi connectivity index (χ4v) is 2.12. The van der Waals surface area contributed by atoms with Crippen molar-refractivity contribution in [1.29, 1.82) is 0 Å². The van der Waals surface area contributed by atoms with Crippen LogP contribution >= 0.6 is 0 Å². The quantitative estimate of drug-likeness (QED) is 0.782. The first-order valence-electron chi connectivity index (χ1n) is 6.81. The van der Waals surface area contributed by atoms with Gasteiger partial charge in [0.2, 0.25) is 0 Å². The molecule has 0 amide bonds. The van der Waals surface area contributed by atoms with Crippen LogP contribution in [0.1, 0.15) is 46.1 Å². The summed E-state index contributed by atoms with van der Waals surface area (Å²) in [5.74, 6) is 0. The van der Waals surface area contributed by atoms with Gasteiger partial charge < -0.3 is 5.32 Å². The third kappa shape index (κ3) is 5.36. The number of hydrogen-bond acceptors (Lipinski definition) is 1. The maximum absolute atomic E-state index is 3.68. The molecule has 1 rings (SSSR count). The lowest BCUT2D eigenvalue weighted by molar-refractivity contribution is 0.255. The first-order valence-corrected chi connectivity index (χ1v) is 6.81. The molecule has 17 heavy (non-hydrogen) atoms. The molecular formula is C16H27N.